The van der Waals surface area contributed by atoms with Crippen LogP contribution in [0.1, 0.15) is 48.7 Å². The molecule has 1 heterocycles. The quantitative estimate of drug-likeness (QED) is 0.820. The van der Waals surface area contributed by atoms with E-state index in [9.17, 15) is 4.79 Å². The number of nitrogens with zero attached hydrogens (tertiary/aromatic N) is 1. The molecule has 0 saturated heterocycles. The normalized spacial score (nSPS) is 17.5. The Morgan fingerprint density at radius 3 is 2.71 bits per heavy atom. The molecule has 4 heteroatoms. The number of hydrogen-bond donors (Lipinski definition) is 2. The third-order valence-corrected chi connectivity index (χ3v) is 3.70. The number of carboxylic acid groups (broad SMARTS) is 1. The third-order valence-electron chi connectivity index (χ3n) is 3.70. The minimum atomic E-state index is -0.930. The van der Waals surface area contributed by atoms with Gasteiger partial charge in [-0.2, -0.15) is 0 Å². The molecular weight excluding hydrogens is 216 g/mol. The van der Waals surface area contributed by atoms with Gasteiger partial charge in [-0.1, -0.05) is 6.92 Å². The van der Waals surface area contributed by atoms with E-state index in [0.717, 1.165) is 12.1 Å². The lowest BCUT2D eigenvalue weighted by atomic mass is 9.75. The highest BCUT2D eigenvalue weighted by Crippen LogP contribution is 2.34. The third kappa shape index (κ3) is 2.64. The molecule has 0 aliphatic heterocycles. The van der Waals surface area contributed by atoms with Crippen molar-refractivity contribution in [1.29, 1.82) is 0 Å². The van der Waals surface area contributed by atoms with Gasteiger partial charge in [-0.25, -0.2) is 4.79 Å². The van der Waals surface area contributed by atoms with E-state index in [2.05, 4.69) is 17.2 Å². The maximum Gasteiger partial charge on any atom is 0.337 e. The molecule has 1 fully saturated rings. The summed E-state index contributed by atoms with van der Waals surface area (Å²) in [6.45, 7) is 2.92. The molecule has 2 N–H and O–H groups in total. The van der Waals surface area contributed by atoms with Crippen molar-refractivity contribution < 1.29 is 9.90 Å². The second kappa shape index (κ2) is 4.84. The van der Waals surface area contributed by atoms with Gasteiger partial charge in [0.05, 0.1) is 11.3 Å². The van der Waals surface area contributed by atoms with Crippen molar-refractivity contribution in [2.45, 2.75) is 44.7 Å². The van der Waals surface area contributed by atoms with E-state index in [0.29, 0.717) is 12.1 Å². The van der Waals surface area contributed by atoms with E-state index < -0.39 is 5.97 Å². The number of nitrogens with one attached hydrogen (secondary N) is 1. The molecule has 1 saturated carbocycles. The van der Waals surface area contributed by atoms with Gasteiger partial charge in [0.2, 0.25) is 0 Å². The summed E-state index contributed by atoms with van der Waals surface area (Å²) in [5.74, 6) is -0.930. The first-order chi connectivity index (χ1) is 8.15. The number of carboxylic acids is 1. The fourth-order valence-electron chi connectivity index (χ4n) is 2.19. The molecule has 0 aromatic carbocycles. The predicted molar refractivity (Wildman–Crippen MR) is 64.9 cm³/mol. The maximum absolute atomic E-state index is 10.7. The molecule has 0 amide bonds. The van der Waals surface area contributed by atoms with E-state index in [1.165, 1.54) is 25.5 Å². The molecule has 2 rings (SSSR count). The summed E-state index contributed by atoms with van der Waals surface area (Å²) >= 11 is 0. The summed E-state index contributed by atoms with van der Waals surface area (Å²) in [5.41, 5.74) is 1.44. The van der Waals surface area contributed by atoms with Crippen molar-refractivity contribution in [3.63, 3.8) is 0 Å². The number of carbonyl (C=O) groups is 1. The zero-order valence-electron chi connectivity index (χ0n) is 10.1. The molecule has 0 radical (unpaired) electrons. The number of aromatic nitrogens is 1. The highest BCUT2D eigenvalue weighted by atomic mass is 16.4. The molecule has 17 heavy (non-hydrogen) atoms. The molecule has 0 atom stereocenters. The van der Waals surface area contributed by atoms with Crippen molar-refractivity contribution in [3.8, 4) is 0 Å². The maximum atomic E-state index is 10.7. The van der Waals surface area contributed by atoms with Gasteiger partial charge in [-0.15, -0.1) is 0 Å². The zero-order chi connectivity index (χ0) is 12.3. The molecule has 1 aromatic rings. The fraction of sp³-hybridized carbons (Fsp3) is 0.538. The van der Waals surface area contributed by atoms with Crippen LogP contribution in [0.5, 0.6) is 0 Å². The zero-order valence-corrected chi connectivity index (χ0v) is 10.1. The van der Waals surface area contributed by atoms with Crippen LogP contribution in [-0.4, -0.2) is 21.6 Å². The van der Waals surface area contributed by atoms with Crippen molar-refractivity contribution >= 4 is 5.97 Å². The fourth-order valence-corrected chi connectivity index (χ4v) is 2.19. The van der Waals surface area contributed by atoms with Crippen LogP contribution in [-0.2, 0) is 6.54 Å². The lowest BCUT2D eigenvalue weighted by Gasteiger charge is -2.42. The van der Waals surface area contributed by atoms with Crippen LogP contribution in [0.3, 0.4) is 0 Å². The topological polar surface area (TPSA) is 62.2 Å². The number of hydrogen-bond acceptors (Lipinski definition) is 3. The highest BCUT2D eigenvalue weighted by Gasteiger charge is 2.34. The Hall–Kier alpha value is -1.42. The lowest BCUT2D eigenvalue weighted by Crippen LogP contribution is -2.49. The standard InChI is InChI=1S/C13H18N2O2/c1-2-13(6-3-7-13)15-9-11-5-4-10(8-14-11)12(16)17/h4-5,8,15H,2-3,6-7,9H2,1H3,(H,16,17). The first-order valence-electron chi connectivity index (χ1n) is 6.08. The van der Waals surface area contributed by atoms with Crippen LogP contribution in [0.4, 0.5) is 0 Å². The average Bonchev–Trinajstić information content (AvgIpc) is 2.29. The van der Waals surface area contributed by atoms with Crippen LogP contribution >= 0.6 is 0 Å². The summed E-state index contributed by atoms with van der Waals surface area (Å²) in [7, 11) is 0. The summed E-state index contributed by atoms with van der Waals surface area (Å²) in [6, 6.07) is 3.38. The Balaban J connectivity index is 1.93. The predicted octanol–water partition coefficient (Wildman–Crippen LogP) is 2.20. The van der Waals surface area contributed by atoms with Crippen LogP contribution in [0, 0.1) is 0 Å². The first kappa shape index (κ1) is 12.0. The van der Waals surface area contributed by atoms with E-state index >= 15 is 0 Å². The van der Waals surface area contributed by atoms with E-state index in [1.54, 1.807) is 12.1 Å². The number of pyridine rings is 1. The molecule has 0 bridgehead atoms. The van der Waals surface area contributed by atoms with Crippen molar-refractivity contribution in [3.05, 3.63) is 29.6 Å². The summed E-state index contributed by atoms with van der Waals surface area (Å²) < 4.78 is 0. The van der Waals surface area contributed by atoms with Gasteiger partial charge in [0.15, 0.2) is 0 Å². The molecule has 1 aliphatic rings. The van der Waals surface area contributed by atoms with Gasteiger partial charge in [-0.05, 0) is 37.8 Å². The van der Waals surface area contributed by atoms with Crippen LogP contribution in [0.2, 0.25) is 0 Å². The van der Waals surface area contributed by atoms with Gasteiger partial charge in [0.25, 0.3) is 0 Å². The molecule has 4 nitrogen and oxygen atoms in total. The van der Waals surface area contributed by atoms with E-state index in [-0.39, 0.29) is 5.56 Å². The van der Waals surface area contributed by atoms with E-state index in [4.69, 9.17) is 5.11 Å². The summed E-state index contributed by atoms with van der Waals surface area (Å²) in [5, 5.41) is 12.3. The Kier molecular flexibility index (Phi) is 3.43. The van der Waals surface area contributed by atoms with Gasteiger partial charge < -0.3 is 10.4 Å². The average molecular weight is 234 g/mol. The van der Waals surface area contributed by atoms with Crippen LogP contribution < -0.4 is 5.32 Å². The Morgan fingerprint density at radius 2 is 2.29 bits per heavy atom. The second-order valence-electron chi connectivity index (χ2n) is 4.68. The van der Waals surface area contributed by atoms with Crippen LogP contribution in [0.15, 0.2) is 18.3 Å². The highest BCUT2D eigenvalue weighted by molar-refractivity contribution is 5.87. The monoisotopic (exact) mass is 234 g/mol. The smallest absolute Gasteiger partial charge is 0.337 e. The minimum Gasteiger partial charge on any atom is -0.478 e. The molecule has 0 spiro atoms. The van der Waals surface area contributed by atoms with Gasteiger partial charge >= 0.3 is 5.97 Å². The molecular formula is C13H18N2O2. The number of rotatable bonds is 5. The van der Waals surface area contributed by atoms with Gasteiger partial charge in [0.1, 0.15) is 0 Å². The Labute approximate surface area is 101 Å². The van der Waals surface area contributed by atoms with Crippen molar-refractivity contribution in [1.82, 2.24) is 10.3 Å². The molecule has 0 unspecified atom stereocenters. The summed E-state index contributed by atoms with van der Waals surface area (Å²) in [6.07, 6.45) is 6.32. The molecule has 92 valence electrons. The molecule has 1 aromatic heterocycles. The van der Waals surface area contributed by atoms with Crippen LogP contribution in [0.25, 0.3) is 0 Å². The largest absolute Gasteiger partial charge is 0.478 e. The Morgan fingerprint density at radius 1 is 1.53 bits per heavy atom. The lowest BCUT2D eigenvalue weighted by molar-refractivity contribution is 0.0696. The van der Waals surface area contributed by atoms with Crippen molar-refractivity contribution in [2.75, 3.05) is 0 Å². The van der Waals surface area contributed by atoms with Crippen molar-refractivity contribution in [2.24, 2.45) is 0 Å². The molecule has 1 aliphatic carbocycles. The minimum absolute atomic E-state index is 0.239. The Bertz CT molecular complexity index is 391. The first-order valence-corrected chi connectivity index (χ1v) is 6.08. The number of aromatic carboxylic acids is 1. The summed E-state index contributed by atoms with van der Waals surface area (Å²) in [4.78, 5) is 14.8. The van der Waals surface area contributed by atoms with Gasteiger partial charge in [0, 0.05) is 18.3 Å². The van der Waals surface area contributed by atoms with E-state index in [1.807, 2.05) is 0 Å². The van der Waals surface area contributed by atoms with Gasteiger partial charge in [-0.3, -0.25) is 4.98 Å². The SMILES string of the molecule is CCC1(NCc2ccc(C(=O)O)cn2)CCC1. The second-order valence-corrected chi connectivity index (χ2v) is 4.68.